The maximum atomic E-state index is 12.0. The van der Waals surface area contributed by atoms with Crippen LogP contribution < -0.4 is 10.6 Å². The van der Waals surface area contributed by atoms with Crippen molar-refractivity contribution in [3.05, 3.63) is 71.8 Å². The molecule has 2 atom stereocenters. The molecule has 6 heteroatoms. The zero-order chi connectivity index (χ0) is 18.1. The van der Waals surface area contributed by atoms with Crippen LogP contribution in [-0.4, -0.2) is 35.8 Å². The van der Waals surface area contributed by atoms with E-state index in [2.05, 4.69) is 10.6 Å². The standard InChI is InChI=1S/C19H22N2O4/c1-14(21-19(24)25-13-15-8-4-2-5-9-15)18(23)20-12-17(22)16-10-6-3-7-11-16/h2-11,14,19,21,24H,12-13H2,1H3,(H,20,23)/t14-,19?/m0/s1. The van der Waals surface area contributed by atoms with E-state index in [1.165, 1.54) is 0 Å². The molecule has 2 rings (SSSR count). The van der Waals surface area contributed by atoms with Crippen molar-refractivity contribution in [3.8, 4) is 0 Å². The first kappa shape index (κ1) is 18.8. The summed E-state index contributed by atoms with van der Waals surface area (Å²) in [5.41, 5.74) is 1.45. The van der Waals surface area contributed by atoms with E-state index in [-0.39, 0.29) is 18.9 Å². The number of ketones is 1. The Kier molecular flexibility index (Phi) is 7.28. The van der Waals surface area contributed by atoms with Crippen LogP contribution in [0.4, 0.5) is 0 Å². The average molecular weight is 342 g/mol. The number of carbonyl (C=O) groups excluding carboxylic acids is 2. The van der Waals surface area contributed by atoms with Gasteiger partial charge in [-0.2, -0.15) is 0 Å². The fraction of sp³-hybridized carbons (Fsp3) is 0.263. The highest BCUT2D eigenvalue weighted by atomic mass is 16.6. The van der Waals surface area contributed by atoms with E-state index < -0.39 is 18.4 Å². The predicted molar refractivity (Wildman–Crippen MR) is 93.6 cm³/mol. The molecule has 3 N–H and O–H groups in total. The molecule has 2 aromatic carbocycles. The summed E-state index contributed by atoms with van der Waals surface area (Å²) in [7, 11) is 0. The number of aliphatic hydroxyl groups excluding tert-OH is 1. The Bertz CT molecular complexity index is 676. The topological polar surface area (TPSA) is 87.7 Å². The smallest absolute Gasteiger partial charge is 0.237 e. The zero-order valence-corrected chi connectivity index (χ0v) is 14.0. The van der Waals surface area contributed by atoms with Crippen LogP contribution in [-0.2, 0) is 16.1 Å². The van der Waals surface area contributed by atoms with Crippen molar-refractivity contribution in [1.29, 1.82) is 0 Å². The first-order valence-electron chi connectivity index (χ1n) is 8.02. The Morgan fingerprint density at radius 1 is 1.04 bits per heavy atom. The minimum absolute atomic E-state index is 0.101. The summed E-state index contributed by atoms with van der Waals surface area (Å²) >= 11 is 0. The van der Waals surface area contributed by atoms with E-state index in [1.54, 1.807) is 31.2 Å². The summed E-state index contributed by atoms with van der Waals surface area (Å²) in [5.74, 6) is -0.575. The van der Waals surface area contributed by atoms with Crippen molar-refractivity contribution in [2.24, 2.45) is 0 Å². The predicted octanol–water partition coefficient (Wildman–Crippen LogP) is 1.46. The molecule has 0 saturated heterocycles. The molecule has 0 aromatic heterocycles. The highest BCUT2D eigenvalue weighted by Gasteiger charge is 2.17. The van der Waals surface area contributed by atoms with E-state index in [0.717, 1.165) is 5.56 Å². The lowest BCUT2D eigenvalue weighted by Gasteiger charge is -2.19. The van der Waals surface area contributed by atoms with Gasteiger partial charge in [-0.1, -0.05) is 60.7 Å². The number of aliphatic hydroxyl groups is 1. The molecular formula is C19H22N2O4. The monoisotopic (exact) mass is 342 g/mol. The number of rotatable bonds is 9. The Hall–Kier alpha value is -2.54. The Morgan fingerprint density at radius 3 is 2.28 bits per heavy atom. The first-order chi connectivity index (χ1) is 12.1. The van der Waals surface area contributed by atoms with E-state index in [1.807, 2.05) is 36.4 Å². The van der Waals surface area contributed by atoms with Crippen molar-refractivity contribution in [2.75, 3.05) is 6.54 Å². The first-order valence-corrected chi connectivity index (χ1v) is 8.02. The van der Waals surface area contributed by atoms with Crippen LogP contribution in [0.3, 0.4) is 0 Å². The fourth-order valence-electron chi connectivity index (χ4n) is 2.13. The number of carbonyl (C=O) groups is 2. The molecule has 1 amide bonds. The molecule has 0 heterocycles. The van der Waals surface area contributed by atoms with Crippen LogP contribution in [0.25, 0.3) is 0 Å². The summed E-state index contributed by atoms with van der Waals surface area (Å²) < 4.78 is 5.24. The highest BCUT2D eigenvalue weighted by molar-refractivity contribution is 5.99. The number of hydrogen-bond acceptors (Lipinski definition) is 5. The third kappa shape index (κ3) is 6.46. The van der Waals surface area contributed by atoms with E-state index in [4.69, 9.17) is 4.74 Å². The fourth-order valence-corrected chi connectivity index (χ4v) is 2.13. The number of Topliss-reactive ketones (excluding diaryl/α,β-unsaturated/α-hetero) is 1. The lowest BCUT2D eigenvalue weighted by atomic mass is 10.1. The molecule has 0 spiro atoms. The second-order valence-corrected chi connectivity index (χ2v) is 5.54. The van der Waals surface area contributed by atoms with Gasteiger partial charge in [-0.15, -0.1) is 0 Å². The van der Waals surface area contributed by atoms with Crippen LogP contribution in [0.2, 0.25) is 0 Å². The summed E-state index contributed by atoms with van der Waals surface area (Å²) in [6, 6.07) is 17.4. The van der Waals surface area contributed by atoms with Crippen molar-refractivity contribution < 1.29 is 19.4 Å². The lowest BCUT2D eigenvalue weighted by molar-refractivity contribution is -0.143. The van der Waals surface area contributed by atoms with Gasteiger partial charge < -0.3 is 15.2 Å². The lowest BCUT2D eigenvalue weighted by Crippen LogP contribution is -2.48. The average Bonchev–Trinajstić information content (AvgIpc) is 2.65. The second kappa shape index (κ2) is 9.68. The molecule has 6 nitrogen and oxygen atoms in total. The van der Waals surface area contributed by atoms with Gasteiger partial charge >= 0.3 is 0 Å². The number of ether oxygens (including phenoxy) is 1. The zero-order valence-electron chi connectivity index (χ0n) is 14.0. The molecular weight excluding hydrogens is 320 g/mol. The molecule has 0 bridgehead atoms. The third-order valence-corrected chi connectivity index (χ3v) is 3.56. The van der Waals surface area contributed by atoms with E-state index in [0.29, 0.717) is 5.56 Å². The van der Waals surface area contributed by atoms with Gasteiger partial charge in [0.25, 0.3) is 0 Å². The minimum Gasteiger partial charge on any atom is -0.356 e. The van der Waals surface area contributed by atoms with Crippen LogP contribution in [0.1, 0.15) is 22.8 Å². The van der Waals surface area contributed by atoms with Crippen molar-refractivity contribution >= 4 is 11.7 Å². The molecule has 132 valence electrons. The highest BCUT2D eigenvalue weighted by Crippen LogP contribution is 2.02. The van der Waals surface area contributed by atoms with Gasteiger partial charge in [-0.25, -0.2) is 0 Å². The largest absolute Gasteiger partial charge is 0.356 e. The van der Waals surface area contributed by atoms with Crippen molar-refractivity contribution in [3.63, 3.8) is 0 Å². The third-order valence-electron chi connectivity index (χ3n) is 3.56. The minimum atomic E-state index is -1.29. The van der Waals surface area contributed by atoms with Crippen molar-refractivity contribution in [2.45, 2.75) is 26.0 Å². The molecule has 0 aliphatic heterocycles. The maximum Gasteiger partial charge on any atom is 0.237 e. The SMILES string of the molecule is C[C@H](NC(O)OCc1ccccc1)C(=O)NCC(=O)c1ccccc1. The van der Waals surface area contributed by atoms with Gasteiger partial charge in [0.2, 0.25) is 12.3 Å². The van der Waals surface area contributed by atoms with Crippen LogP contribution in [0.15, 0.2) is 60.7 Å². The van der Waals surface area contributed by atoms with Gasteiger partial charge in [0, 0.05) is 5.56 Å². The van der Waals surface area contributed by atoms with Gasteiger partial charge in [-0.3, -0.25) is 14.9 Å². The second-order valence-electron chi connectivity index (χ2n) is 5.54. The van der Waals surface area contributed by atoms with Crippen LogP contribution in [0, 0.1) is 0 Å². The van der Waals surface area contributed by atoms with Gasteiger partial charge in [0.05, 0.1) is 19.2 Å². The van der Waals surface area contributed by atoms with Crippen molar-refractivity contribution in [1.82, 2.24) is 10.6 Å². The number of amides is 1. The molecule has 0 aliphatic rings. The molecule has 1 unspecified atom stereocenters. The Balaban J connectivity index is 1.71. The number of nitrogens with one attached hydrogen (secondary N) is 2. The number of benzene rings is 2. The molecule has 25 heavy (non-hydrogen) atoms. The van der Waals surface area contributed by atoms with Crippen LogP contribution in [0.5, 0.6) is 0 Å². The van der Waals surface area contributed by atoms with Gasteiger partial charge in [-0.05, 0) is 12.5 Å². The Labute approximate surface area is 146 Å². The van der Waals surface area contributed by atoms with Crippen LogP contribution >= 0.6 is 0 Å². The molecule has 2 aromatic rings. The summed E-state index contributed by atoms with van der Waals surface area (Å²) in [5, 5.41) is 15.0. The normalized spacial score (nSPS) is 13.0. The number of hydrogen-bond donors (Lipinski definition) is 3. The molecule has 0 radical (unpaired) electrons. The summed E-state index contributed by atoms with van der Waals surface area (Å²) in [4.78, 5) is 23.9. The van der Waals surface area contributed by atoms with Gasteiger partial charge in [0.15, 0.2) is 5.78 Å². The molecule has 0 fully saturated rings. The summed E-state index contributed by atoms with van der Waals surface area (Å²) in [6.07, 6.45) is -1.29. The maximum absolute atomic E-state index is 12.0. The molecule has 0 aliphatic carbocycles. The summed E-state index contributed by atoms with van der Waals surface area (Å²) in [6.45, 7) is 1.70. The van der Waals surface area contributed by atoms with E-state index >= 15 is 0 Å². The molecule has 0 saturated carbocycles. The van der Waals surface area contributed by atoms with E-state index in [9.17, 15) is 14.7 Å². The quantitative estimate of drug-likeness (QED) is 0.474. The van der Waals surface area contributed by atoms with Gasteiger partial charge in [0.1, 0.15) is 0 Å². The Morgan fingerprint density at radius 2 is 1.64 bits per heavy atom.